The molecule has 4 nitrogen and oxygen atoms in total. The molecule has 0 N–H and O–H groups in total. The number of aryl methyl sites for hydroxylation is 1. The predicted octanol–water partition coefficient (Wildman–Crippen LogP) is 4.37. The summed E-state index contributed by atoms with van der Waals surface area (Å²) in [5, 5.41) is 1.38. The molecule has 0 amide bonds. The van der Waals surface area contributed by atoms with E-state index in [2.05, 4.69) is 0 Å². The van der Waals surface area contributed by atoms with Gasteiger partial charge in [0.15, 0.2) is 0 Å². The number of fused-ring (bicyclic) bond motifs is 1. The zero-order valence-corrected chi connectivity index (χ0v) is 13.5. The first-order valence-corrected chi connectivity index (χ1v) is 7.59. The van der Waals surface area contributed by atoms with Gasteiger partial charge < -0.3 is 9.15 Å². The highest BCUT2D eigenvalue weighted by atomic mass is 35.5. The lowest BCUT2D eigenvalue weighted by atomic mass is 10.1. The van der Waals surface area contributed by atoms with E-state index in [4.69, 9.17) is 20.8 Å². The van der Waals surface area contributed by atoms with E-state index in [1.54, 1.807) is 36.4 Å². The van der Waals surface area contributed by atoms with E-state index in [0.717, 1.165) is 16.5 Å². The third-order valence-corrected chi connectivity index (χ3v) is 3.64. The third-order valence-electron chi connectivity index (χ3n) is 3.40. The summed E-state index contributed by atoms with van der Waals surface area (Å²) in [7, 11) is 0. The largest absolute Gasteiger partial charge is 0.423 e. The molecule has 0 spiro atoms. The zero-order valence-electron chi connectivity index (χ0n) is 12.8. The molecule has 120 valence electrons. The number of esters is 1. The van der Waals surface area contributed by atoms with Gasteiger partial charge in [-0.3, -0.25) is 0 Å². The van der Waals surface area contributed by atoms with Gasteiger partial charge in [-0.25, -0.2) is 9.59 Å². The molecule has 1 aromatic heterocycles. The van der Waals surface area contributed by atoms with Crippen molar-refractivity contribution in [1.82, 2.24) is 0 Å². The van der Waals surface area contributed by atoms with Crippen molar-refractivity contribution in [2.75, 3.05) is 0 Å². The topological polar surface area (TPSA) is 56.5 Å². The number of ether oxygens (including phenoxy) is 1. The number of hydrogen-bond acceptors (Lipinski definition) is 4. The van der Waals surface area contributed by atoms with Crippen LogP contribution in [0, 0.1) is 6.92 Å². The Kier molecular flexibility index (Phi) is 4.49. The average molecular weight is 341 g/mol. The summed E-state index contributed by atoms with van der Waals surface area (Å²) in [5.74, 6) is -0.235. The molecule has 0 aliphatic heterocycles. The molecule has 0 bridgehead atoms. The van der Waals surface area contributed by atoms with Crippen LogP contribution in [0.3, 0.4) is 0 Å². The van der Waals surface area contributed by atoms with Gasteiger partial charge in [0, 0.05) is 28.6 Å². The van der Waals surface area contributed by atoms with E-state index in [1.165, 1.54) is 18.2 Å². The first-order chi connectivity index (χ1) is 11.5. The van der Waals surface area contributed by atoms with Crippen LogP contribution in [0.2, 0.25) is 5.02 Å². The highest BCUT2D eigenvalue weighted by molar-refractivity contribution is 6.30. The van der Waals surface area contributed by atoms with Gasteiger partial charge in [-0.15, -0.1) is 0 Å². The van der Waals surface area contributed by atoms with Crippen LogP contribution in [0.4, 0.5) is 0 Å². The van der Waals surface area contributed by atoms with Gasteiger partial charge in [0.25, 0.3) is 0 Å². The standard InChI is InChI=1S/C19H13ClO4/c1-12-9-19(22)24-17-11-15(6-7-16(12)17)23-18(21)8-5-13-3-2-4-14(20)10-13/h2-11H,1H3/b8-5+. The average Bonchev–Trinajstić information content (AvgIpc) is 2.52. The van der Waals surface area contributed by atoms with Crippen LogP contribution in [0.25, 0.3) is 17.0 Å². The van der Waals surface area contributed by atoms with Gasteiger partial charge in [0.2, 0.25) is 0 Å². The maximum Gasteiger partial charge on any atom is 0.336 e. The number of carbonyl (C=O) groups excluding carboxylic acids is 1. The van der Waals surface area contributed by atoms with Crippen LogP contribution in [-0.4, -0.2) is 5.97 Å². The summed E-state index contributed by atoms with van der Waals surface area (Å²) in [6, 6.07) is 13.4. The monoisotopic (exact) mass is 340 g/mol. The number of rotatable bonds is 3. The summed E-state index contributed by atoms with van der Waals surface area (Å²) < 4.78 is 10.4. The van der Waals surface area contributed by atoms with Gasteiger partial charge in [-0.05, 0) is 48.4 Å². The molecule has 5 heteroatoms. The van der Waals surface area contributed by atoms with Crippen molar-refractivity contribution in [2.45, 2.75) is 6.92 Å². The lowest BCUT2D eigenvalue weighted by molar-refractivity contribution is -0.128. The van der Waals surface area contributed by atoms with E-state index in [1.807, 2.05) is 13.0 Å². The van der Waals surface area contributed by atoms with Crippen LogP contribution >= 0.6 is 11.6 Å². The predicted molar refractivity (Wildman–Crippen MR) is 93.3 cm³/mol. The van der Waals surface area contributed by atoms with Gasteiger partial charge >= 0.3 is 11.6 Å². The number of halogens is 1. The van der Waals surface area contributed by atoms with E-state index >= 15 is 0 Å². The molecule has 0 aliphatic rings. The maximum atomic E-state index is 11.9. The Morgan fingerprint density at radius 1 is 1.17 bits per heavy atom. The first-order valence-electron chi connectivity index (χ1n) is 7.21. The Morgan fingerprint density at radius 2 is 2.00 bits per heavy atom. The smallest absolute Gasteiger partial charge is 0.336 e. The van der Waals surface area contributed by atoms with Crippen molar-refractivity contribution in [3.8, 4) is 5.75 Å². The number of hydrogen-bond donors (Lipinski definition) is 0. The molecule has 1 heterocycles. The molecule has 0 fully saturated rings. The second-order valence-electron chi connectivity index (χ2n) is 5.22. The number of carbonyl (C=O) groups is 1. The second-order valence-corrected chi connectivity index (χ2v) is 5.65. The molecule has 0 aliphatic carbocycles. The minimum Gasteiger partial charge on any atom is -0.423 e. The molecular formula is C19H13ClO4. The Labute approximate surface area is 142 Å². The maximum absolute atomic E-state index is 11.9. The van der Waals surface area contributed by atoms with Crippen LogP contribution in [0.1, 0.15) is 11.1 Å². The van der Waals surface area contributed by atoms with Crippen molar-refractivity contribution < 1.29 is 13.9 Å². The summed E-state index contributed by atoms with van der Waals surface area (Å²) in [6.45, 7) is 1.82. The van der Waals surface area contributed by atoms with Crippen molar-refractivity contribution in [3.05, 3.63) is 81.2 Å². The Bertz CT molecular complexity index is 1000. The molecule has 0 saturated heterocycles. The van der Waals surface area contributed by atoms with Gasteiger partial charge in [0.1, 0.15) is 11.3 Å². The van der Waals surface area contributed by atoms with E-state index in [-0.39, 0.29) is 0 Å². The normalized spacial score (nSPS) is 11.1. The van der Waals surface area contributed by atoms with E-state index < -0.39 is 11.6 Å². The molecule has 3 aromatic rings. The lowest BCUT2D eigenvalue weighted by Gasteiger charge is -2.04. The fraction of sp³-hybridized carbons (Fsp3) is 0.0526. The van der Waals surface area contributed by atoms with Crippen LogP contribution < -0.4 is 10.4 Å². The SMILES string of the molecule is Cc1cc(=O)oc2cc(OC(=O)/C=C/c3cccc(Cl)c3)ccc12. The molecule has 2 aromatic carbocycles. The van der Waals surface area contributed by atoms with Crippen molar-refractivity contribution >= 4 is 34.6 Å². The number of benzene rings is 2. The Balaban J connectivity index is 1.79. The summed E-state index contributed by atoms with van der Waals surface area (Å²) >= 11 is 5.88. The van der Waals surface area contributed by atoms with Crippen molar-refractivity contribution in [2.24, 2.45) is 0 Å². The fourth-order valence-electron chi connectivity index (χ4n) is 2.29. The van der Waals surface area contributed by atoms with Crippen LogP contribution in [-0.2, 0) is 4.79 Å². The Hall–Kier alpha value is -2.85. The van der Waals surface area contributed by atoms with Crippen molar-refractivity contribution in [3.63, 3.8) is 0 Å². The molecule has 0 atom stereocenters. The molecule has 3 rings (SSSR count). The van der Waals surface area contributed by atoms with Gasteiger partial charge in [-0.2, -0.15) is 0 Å². The minimum absolute atomic E-state index is 0.303. The molecule has 0 saturated carbocycles. The zero-order chi connectivity index (χ0) is 17.1. The molecular weight excluding hydrogens is 328 g/mol. The fourth-order valence-corrected chi connectivity index (χ4v) is 2.49. The van der Waals surface area contributed by atoms with Crippen molar-refractivity contribution in [1.29, 1.82) is 0 Å². The highest BCUT2D eigenvalue weighted by Gasteiger charge is 2.06. The minimum atomic E-state index is -0.538. The summed E-state index contributed by atoms with van der Waals surface area (Å²) in [6.07, 6.45) is 2.92. The van der Waals surface area contributed by atoms with Gasteiger partial charge in [-0.1, -0.05) is 23.7 Å². The summed E-state index contributed by atoms with van der Waals surface area (Å²) in [5.41, 5.74) is 1.54. The highest BCUT2D eigenvalue weighted by Crippen LogP contribution is 2.22. The Morgan fingerprint density at radius 3 is 2.79 bits per heavy atom. The van der Waals surface area contributed by atoms with Gasteiger partial charge in [0.05, 0.1) is 0 Å². The summed E-state index contributed by atoms with van der Waals surface area (Å²) in [4.78, 5) is 23.3. The molecule has 0 unspecified atom stereocenters. The molecule has 24 heavy (non-hydrogen) atoms. The second kappa shape index (κ2) is 6.72. The quantitative estimate of drug-likeness (QED) is 0.307. The van der Waals surface area contributed by atoms with Crippen LogP contribution in [0.5, 0.6) is 5.75 Å². The van der Waals surface area contributed by atoms with E-state index in [0.29, 0.717) is 16.4 Å². The third kappa shape index (κ3) is 3.73. The lowest BCUT2D eigenvalue weighted by Crippen LogP contribution is -2.04. The van der Waals surface area contributed by atoms with E-state index in [9.17, 15) is 9.59 Å². The van der Waals surface area contributed by atoms with Crippen LogP contribution in [0.15, 0.2) is 63.8 Å². The first kappa shape index (κ1) is 16.0. The molecule has 0 radical (unpaired) electrons.